The highest BCUT2D eigenvalue weighted by Crippen LogP contribution is 2.36. The summed E-state index contributed by atoms with van der Waals surface area (Å²) in [7, 11) is 1.85. The number of halogens is 1. The fourth-order valence-corrected chi connectivity index (χ4v) is 4.31. The quantitative estimate of drug-likeness (QED) is 0.605. The van der Waals surface area contributed by atoms with Gasteiger partial charge in [-0.05, 0) is 51.8 Å². The van der Waals surface area contributed by atoms with Crippen LogP contribution in [-0.4, -0.2) is 47.0 Å². The Balaban J connectivity index is 1.71. The number of hydrogen-bond acceptors (Lipinski definition) is 5. The molecule has 0 radical (unpaired) electrons. The molecule has 6 nitrogen and oxygen atoms in total. The minimum absolute atomic E-state index is 0.129. The van der Waals surface area contributed by atoms with Crippen LogP contribution >= 0.6 is 11.6 Å². The SMILES string of the molecule is CCOC(=O)[C@]1(CCOc2ccccc2)CCCN(Cc2c(C)nn(C)c2Cl)C1. The van der Waals surface area contributed by atoms with Crippen molar-refractivity contribution < 1.29 is 14.3 Å². The van der Waals surface area contributed by atoms with Crippen LogP contribution < -0.4 is 4.74 Å². The number of ether oxygens (including phenoxy) is 2. The average molecular weight is 420 g/mol. The molecule has 7 heteroatoms. The van der Waals surface area contributed by atoms with Gasteiger partial charge in [0.05, 0.1) is 24.3 Å². The van der Waals surface area contributed by atoms with E-state index in [9.17, 15) is 4.79 Å². The first kappa shape index (κ1) is 21.7. The lowest BCUT2D eigenvalue weighted by Gasteiger charge is -2.41. The van der Waals surface area contributed by atoms with Gasteiger partial charge in [0.25, 0.3) is 0 Å². The van der Waals surface area contributed by atoms with E-state index in [2.05, 4.69) is 10.00 Å². The number of aromatic nitrogens is 2. The van der Waals surface area contributed by atoms with Crippen molar-refractivity contribution in [3.8, 4) is 5.75 Å². The molecule has 0 aliphatic carbocycles. The summed E-state index contributed by atoms with van der Waals surface area (Å²) in [5.74, 6) is 0.687. The van der Waals surface area contributed by atoms with E-state index in [-0.39, 0.29) is 5.97 Å². The second-order valence-electron chi connectivity index (χ2n) is 7.70. The molecule has 0 saturated carbocycles. The van der Waals surface area contributed by atoms with Gasteiger partial charge in [-0.2, -0.15) is 5.10 Å². The van der Waals surface area contributed by atoms with Gasteiger partial charge in [-0.3, -0.25) is 14.4 Å². The standard InChI is InChI=1S/C22H30ClN3O3/c1-4-28-21(27)22(12-14-29-18-9-6-5-7-10-18)11-8-13-26(16-22)15-19-17(2)24-25(3)20(19)23/h5-7,9-10H,4,8,11-16H2,1-3H3/t22-/m0/s1. The minimum atomic E-state index is -0.564. The summed E-state index contributed by atoms with van der Waals surface area (Å²) in [6.45, 7) is 6.92. The molecule has 2 heterocycles. The van der Waals surface area contributed by atoms with Crippen LogP contribution in [0.1, 0.15) is 37.4 Å². The van der Waals surface area contributed by atoms with E-state index in [0.29, 0.717) is 37.9 Å². The predicted molar refractivity (Wildman–Crippen MR) is 113 cm³/mol. The highest BCUT2D eigenvalue weighted by molar-refractivity contribution is 6.30. The van der Waals surface area contributed by atoms with E-state index in [4.69, 9.17) is 21.1 Å². The molecule has 29 heavy (non-hydrogen) atoms. The number of hydrogen-bond donors (Lipinski definition) is 0. The second kappa shape index (κ2) is 9.63. The van der Waals surface area contributed by atoms with Crippen LogP contribution in [0.4, 0.5) is 0 Å². The zero-order valence-corrected chi connectivity index (χ0v) is 18.2. The zero-order valence-electron chi connectivity index (χ0n) is 17.5. The first-order valence-corrected chi connectivity index (χ1v) is 10.6. The van der Waals surface area contributed by atoms with Crippen LogP contribution in [0.5, 0.6) is 5.75 Å². The van der Waals surface area contributed by atoms with Crippen LogP contribution in [0.2, 0.25) is 5.15 Å². The van der Waals surface area contributed by atoms with Crippen LogP contribution in [0.3, 0.4) is 0 Å². The van der Waals surface area contributed by atoms with E-state index in [1.807, 2.05) is 51.2 Å². The predicted octanol–water partition coefficient (Wildman–Crippen LogP) is 4.00. The van der Waals surface area contributed by atoms with Gasteiger partial charge in [0.15, 0.2) is 0 Å². The van der Waals surface area contributed by atoms with Gasteiger partial charge in [0, 0.05) is 25.7 Å². The largest absolute Gasteiger partial charge is 0.494 e. The van der Waals surface area contributed by atoms with Crippen molar-refractivity contribution in [1.29, 1.82) is 0 Å². The Morgan fingerprint density at radius 3 is 2.72 bits per heavy atom. The molecule has 0 spiro atoms. The van der Waals surface area contributed by atoms with Crippen molar-refractivity contribution >= 4 is 17.6 Å². The van der Waals surface area contributed by atoms with E-state index < -0.39 is 5.41 Å². The van der Waals surface area contributed by atoms with Crippen LogP contribution in [0.15, 0.2) is 30.3 Å². The Morgan fingerprint density at radius 1 is 1.31 bits per heavy atom. The molecular formula is C22H30ClN3O3. The summed E-state index contributed by atoms with van der Waals surface area (Å²) in [6.07, 6.45) is 2.36. The Bertz CT molecular complexity index is 824. The molecule has 1 aliphatic rings. The molecule has 0 amide bonds. The third-order valence-corrected chi connectivity index (χ3v) is 6.08. The molecule has 1 aromatic carbocycles. The first-order valence-electron chi connectivity index (χ1n) is 10.2. The zero-order chi connectivity index (χ0) is 20.9. The van der Waals surface area contributed by atoms with Gasteiger partial charge < -0.3 is 9.47 Å². The van der Waals surface area contributed by atoms with Gasteiger partial charge in [-0.1, -0.05) is 29.8 Å². The van der Waals surface area contributed by atoms with Crippen molar-refractivity contribution in [3.63, 3.8) is 0 Å². The van der Waals surface area contributed by atoms with Gasteiger partial charge in [0.1, 0.15) is 10.9 Å². The number of aryl methyl sites for hydroxylation is 2. The van der Waals surface area contributed by atoms with Gasteiger partial charge >= 0.3 is 5.97 Å². The number of para-hydroxylation sites is 1. The molecule has 3 rings (SSSR count). The normalized spacial score (nSPS) is 19.9. The molecule has 0 N–H and O–H groups in total. The molecule has 1 fully saturated rings. The van der Waals surface area contributed by atoms with Crippen molar-refractivity contribution in [1.82, 2.24) is 14.7 Å². The fourth-order valence-electron chi connectivity index (χ4n) is 4.08. The fraction of sp³-hybridized carbons (Fsp3) is 0.545. The molecule has 1 aliphatic heterocycles. The summed E-state index contributed by atoms with van der Waals surface area (Å²) in [4.78, 5) is 15.2. The first-order chi connectivity index (χ1) is 13.9. The van der Waals surface area contributed by atoms with E-state index in [1.54, 1.807) is 4.68 Å². The molecule has 1 aromatic heterocycles. The third-order valence-electron chi connectivity index (χ3n) is 5.61. The monoisotopic (exact) mass is 419 g/mol. The summed E-state index contributed by atoms with van der Waals surface area (Å²) in [6, 6.07) is 9.70. The van der Waals surface area contributed by atoms with Gasteiger partial charge in [-0.25, -0.2) is 0 Å². The Labute approximate surface area is 177 Å². The van der Waals surface area contributed by atoms with E-state index >= 15 is 0 Å². The number of likely N-dealkylation sites (tertiary alicyclic amines) is 1. The number of rotatable bonds is 8. The summed E-state index contributed by atoms with van der Waals surface area (Å²) >= 11 is 6.43. The van der Waals surface area contributed by atoms with E-state index in [1.165, 1.54) is 0 Å². The van der Waals surface area contributed by atoms with Gasteiger partial charge in [-0.15, -0.1) is 0 Å². The number of carbonyl (C=O) groups is 1. The number of piperidine rings is 1. The summed E-state index contributed by atoms with van der Waals surface area (Å²) in [5.41, 5.74) is 1.39. The lowest BCUT2D eigenvalue weighted by atomic mass is 9.77. The van der Waals surface area contributed by atoms with Crippen molar-refractivity contribution in [2.45, 2.75) is 39.7 Å². The molecule has 2 aromatic rings. The number of benzene rings is 1. The smallest absolute Gasteiger partial charge is 0.313 e. The second-order valence-corrected chi connectivity index (χ2v) is 8.06. The van der Waals surface area contributed by atoms with Crippen LogP contribution in [-0.2, 0) is 23.1 Å². The average Bonchev–Trinajstić information content (AvgIpc) is 2.95. The Hall–Kier alpha value is -2.05. The lowest BCUT2D eigenvalue weighted by molar-refractivity contribution is -0.160. The number of nitrogens with zero attached hydrogens (tertiary/aromatic N) is 3. The molecule has 1 saturated heterocycles. The Morgan fingerprint density at radius 2 is 2.07 bits per heavy atom. The summed E-state index contributed by atoms with van der Waals surface area (Å²) < 4.78 is 13.1. The number of carbonyl (C=O) groups excluding carboxylic acids is 1. The van der Waals surface area contributed by atoms with Crippen LogP contribution in [0.25, 0.3) is 0 Å². The lowest BCUT2D eigenvalue weighted by Crippen LogP contribution is -2.49. The molecule has 158 valence electrons. The molecular weight excluding hydrogens is 390 g/mol. The topological polar surface area (TPSA) is 56.6 Å². The van der Waals surface area contributed by atoms with Crippen molar-refractivity contribution in [2.24, 2.45) is 12.5 Å². The van der Waals surface area contributed by atoms with Crippen molar-refractivity contribution in [2.75, 3.05) is 26.3 Å². The minimum Gasteiger partial charge on any atom is -0.494 e. The molecule has 1 atom stereocenters. The number of esters is 1. The highest BCUT2D eigenvalue weighted by Gasteiger charge is 2.43. The van der Waals surface area contributed by atoms with E-state index in [0.717, 1.165) is 36.4 Å². The molecule has 0 bridgehead atoms. The third kappa shape index (κ3) is 5.11. The maximum atomic E-state index is 13.0. The summed E-state index contributed by atoms with van der Waals surface area (Å²) in [5, 5.41) is 5.06. The molecule has 0 unspecified atom stereocenters. The van der Waals surface area contributed by atoms with Crippen molar-refractivity contribution in [3.05, 3.63) is 46.7 Å². The van der Waals surface area contributed by atoms with Crippen LogP contribution in [0, 0.1) is 12.3 Å². The van der Waals surface area contributed by atoms with Gasteiger partial charge in [0.2, 0.25) is 0 Å². The maximum absolute atomic E-state index is 13.0. The highest BCUT2D eigenvalue weighted by atomic mass is 35.5. The maximum Gasteiger partial charge on any atom is 0.313 e. The Kier molecular flexibility index (Phi) is 7.19.